The zero-order valence-corrected chi connectivity index (χ0v) is 15.2. The number of H-pyrrole nitrogens is 1. The number of carbonyl (C=O) groups excluding carboxylic acids is 1. The zero-order valence-electron chi connectivity index (χ0n) is 15.2. The average Bonchev–Trinajstić information content (AvgIpc) is 3.12. The Balaban J connectivity index is 1.45. The van der Waals surface area contributed by atoms with Crippen LogP contribution in [0.3, 0.4) is 0 Å². The van der Waals surface area contributed by atoms with E-state index in [9.17, 15) is 4.79 Å². The van der Waals surface area contributed by atoms with Crippen molar-refractivity contribution < 1.29 is 9.53 Å². The van der Waals surface area contributed by atoms with Gasteiger partial charge in [0.25, 0.3) is 5.91 Å². The fourth-order valence-corrected chi connectivity index (χ4v) is 4.69. The van der Waals surface area contributed by atoms with Crippen LogP contribution in [-0.4, -0.2) is 46.3 Å². The third kappa shape index (κ3) is 3.39. The van der Waals surface area contributed by atoms with E-state index in [1.807, 2.05) is 4.90 Å². The van der Waals surface area contributed by atoms with Gasteiger partial charge in [0.1, 0.15) is 0 Å². The SMILES string of the molecule is CC1=CC2(CCN(C(=O)c3cn[nH]c3C3CCCCC3)CC2)OCC1. The standard InChI is InChI=1S/C20H29N3O2/c1-15-7-12-25-20(13-15)8-10-23(11-9-20)19(24)17-14-21-22-18(17)16-5-3-2-4-6-16/h13-14,16H,2-12H2,1H3,(H,21,22). The van der Waals surface area contributed by atoms with Crippen molar-refractivity contribution in [2.75, 3.05) is 19.7 Å². The molecule has 2 aliphatic heterocycles. The lowest BCUT2D eigenvalue weighted by Gasteiger charge is -2.42. The minimum atomic E-state index is -0.137. The minimum absolute atomic E-state index is 0.137. The van der Waals surface area contributed by atoms with Crippen LogP contribution in [0, 0.1) is 0 Å². The predicted octanol–water partition coefficient (Wildman–Crippen LogP) is 3.80. The van der Waals surface area contributed by atoms with E-state index in [0.717, 1.165) is 50.2 Å². The smallest absolute Gasteiger partial charge is 0.257 e. The normalized spacial score (nSPS) is 24.4. The van der Waals surface area contributed by atoms with E-state index < -0.39 is 0 Å². The van der Waals surface area contributed by atoms with Crippen LogP contribution >= 0.6 is 0 Å². The van der Waals surface area contributed by atoms with Crippen LogP contribution in [0.1, 0.15) is 80.3 Å². The quantitative estimate of drug-likeness (QED) is 0.831. The molecule has 0 bridgehead atoms. The van der Waals surface area contributed by atoms with Crippen LogP contribution in [0.4, 0.5) is 0 Å². The van der Waals surface area contributed by atoms with Crippen molar-refractivity contribution in [2.24, 2.45) is 0 Å². The lowest BCUT2D eigenvalue weighted by atomic mass is 9.84. The Bertz CT molecular complexity index is 650. The second kappa shape index (κ2) is 6.94. The van der Waals surface area contributed by atoms with Crippen molar-refractivity contribution in [3.8, 4) is 0 Å². The molecule has 0 aromatic carbocycles. The van der Waals surface area contributed by atoms with Gasteiger partial charge in [-0.1, -0.05) is 30.9 Å². The molecule has 4 rings (SSSR count). The summed E-state index contributed by atoms with van der Waals surface area (Å²) >= 11 is 0. The number of nitrogens with zero attached hydrogens (tertiary/aromatic N) is 2. The first kappa shape index (κ1) is 16.8. The van der Waals surface area contributed by atoms with Gasteiger partial charge >= 0.3 is 0 Å². The van der Waals surface area contributed by atoms with Gasteiger partial charge in [-0.2, -0.15) is 5.10 Å². The molecule has 1 N–H and O–H groups in total. The number of ether oxygens (including phenoxy) is 1. The summed E-state index contributed by atoms with van der Waals surface area (Å²) in [7, 11) is 0. The number of carbonyl (C=O) groups is 1. The fourth-order valence-electron chi connectivity index (χ4n) is 4.69. The molecule has 1 saturated carbocycles. The Hall–Kier alpha value is -1.62. The number of hydrogen-bond donors (Lipinski definition) is 1. The highest BCUT2D eigenvalue weighted by atomic mass is 16.5. The van der Waals surface area contributed by atoms with Gasteiger partial charge in [-0.05, 0) is 39.0 Å². The number of hydrogen-bond acceptors (Lipinski definition) is 3. The van der Waals surface area contributed by atoms with Crippen LogP contribution < -0.4 is 0 Å². The van der Waals surface area contributed by atoms with Crippen LogP contribution in [0.2, 0.25) is 0 Å². The van der Waals surface area contributed by atoms with Crippen molar-refractivity contribution >= 4 is 5.91 Å². The van der Waals surface area contributed by atoms with E-state index in [1.54, 1.807) is 6.20 Å². The highest BCUT2D eigenvalue weighted by molar-refractivity contribution is 5.95. The highest BCUT2D eigenvalue weighted by Gasteiger charge is 2.37. The summed E-state index contributed by atoms with van der Waals surface area (Å²) in [4.78, 5) is 15.1. The summed E-state index contributed by atoms with van der Waals surface area (Å²) in [6, 6.07) is 0. The maximum Gasteiger partial charge on any atom is 0.257 e. The molecule has 1 saturated heterocycles. The van der Waals surface area contributed by atoms with Crippen molar-refractivity contribution in [1.82, 2.24) is 15.1 Å². The molecule has 5 nitrogen and oxygen atoms in total. The average molecular weight is 343 g/mol. The maximum atomic E-state index is 13.1. The van der Waals surface area contributed by atoms with E-state index >= 15 is 0 Å². The lowest BCUT2D eigenvalue weighted by Crippen LogP contribution is -2.48. The maximum absolute atomic E-state index is 13.1. The van der Waals surface area contributed by atoms with Crippen LogP contribution in [0.5, 0.6) is 0 Å². The second-order valence-corrected chi connectivity index (χ2v) is 7.98. The van der Waals surface area contributed by atoms with E-state index in [-0.39, 0.29) is 11.5 Å². The number of amides is 1. The third-order valence-corrected chi connectivity index (χ3v) is 6.21. The van der Waals surface area contributed by atoms with Gasteiger partial charge in [-0.15, -0.1) is 0 Å². The number of piperidine rings is 1. The van der Waals surface area contributed by atoms with Gasteiger partial charge in [0.2, 0.25) is 0 Å². The molecule has 1 amide bonds. The van der Waals surface area contributed by atoms with Crippen LogP contribution in [0.15, 0.2) is 17.8 Å². The van der Waals surface area contributed by atoms with E-state index in [4.69, 9.17) is 4.74 Å². The Labute approximate surface area is 149 Å². The first-order chi connectivity index (χ1) is 12.2. The molecule has 2 fully saturated rings. The molecule has 1 aliphatic carbocycles. The Morgan fingerprint density at radius 3 is 2.76 bits per heavy atom. The molecule has 0 radical (unpaired) electrons. The van der Waals surface area contributed by atoms with Crippen LogP contribution in [0.25, 0.3) is 0 Å². The number of likely N-dealkylation sites (tertiary alicyclic amines) is 1. The van der Waals surface area contributed by atoms with E-state index in [2.05, 4.69) is 23.2 Å². The Kier molecular flexibility index (Phi) is 4.67. The molecule has 0 unspecified atom stereocenters. The number of rotatable bonds is 2. The third-order valence-electron chi connectivity index (χ3n) is 6.21. The number of aromatic amines is 1. The van der Waals surface area contributed by atoms with Crippen molar-refractivity contribution in [3.05, 3.63) is 29.1 Å². The number of nitrogens with one attached hydrogen (secondary N) is 1. The molecular weight excluding hydrogens is 314 g/mol. The molecule has 136 valence electrons. The molecule has 3 heterocycles. The van der Waals surface area contributed by atoms with Gasteiger partial charge in [0, 0.05) is 19.0 Å². The molecule has 0 atom stereocenters. The molecule has 1 aromatic rings. The number of aromatic nitrogens is 2. The first-order valence-electron chi connectivity index (χ1n) is 9.82. The van der Waals surface area contributed by atoms with Gasteiger partial charge < -0.3 is 9.64 Å². The molecule has 5 heteroatoms. The summed E-state index contributed by atoms with van der Waals surface area (Å²) < 4.78 is 6.08. The summed E-state index contributed by atoms with van der Waals surface area (Å²) in [5.41, 5.74) is 3.14. The van der Waals surface area contributed by atoms with Gasteiger partial charge in [0.05, 0.1) is 29.7 Å². The zero-order chi connectivity index (χ0) is 17.3. The van der Waals surface area contributed by atoms with Gasteiger partial charge in [-0.3, -0.25) is 9.89 Å². The van der Waals surface area contributed by atoms with E-state index in [1.165, 1.54) is 37.7 Å². The molecule has 1 spiro atoms. The predicted molar refractivity (Wildman–Crippen MR) is 96.6 cm³/mol. The second-order valence-electron chi connectivity index (χ2n) is 7.98. The van der Waals surface area contributed by atoms with Crippen molar-refractivity contribution in [1.29, 1.82) is 0 Å². The minimum Gasteiger partial charge on any atom is -0.370 e. The van der Waals surface area contributed by atoms with Crippen LogP contribution in [-0.2, 0) is 4.74 Å². The van der Waals surface area contributed by atoms with Crippen molar-refractivity contribution in [2.45, 2.75) is 69.8 Å². The van der Waals surface area contributed by atoms with Gasteiger partial charge in [0.15, 0.2) is 0 Å². The molecular formula is C20H29N3O2. The molecule has 1 aromatic heterocycles. The summed E-state index contributed by atoms with van der Waals surface area (Å²) in [6.45, 7) is 4.52. The van der Waals surface area contributed by atoms with E-state index in [0.29, 0.717) is 5.92 Å². The Morgan fingerprint density at radius 2 is 2.04 bits per heavy atom. The topological polar surface area (TPSA) is 58.2 Å². The molecule has 25 heavy (non-hydrogen) atoms. The largest absolute Gasteiger partial charge is 0.370 e. The summed E-state index contributed by atoms with van der Waals surface area (Å²) in [5, 5.41) is 7.33. The summed E-state index contributed by atoms with van der Waals surface area (Å²) in [6.07, 6.45) is 13.0. The monoisotopic (exact) mass is 343 g/mol. The summed E-state index contributed by atoms with van der Waals surface area (Å²) in [5.74, 6) is 0.610. The Morgan fingerprint density at radius 1 is 1.28 bits per heavy atom. The fraction of sp³-hybridized carbons (Fsp3) is 0.700. The lowest BCUT2D eigenvalue weighted by molar-refractivity contribution is -0.0522. The molecule has 3 aliphatic rings. The first-order valence-corrected chi connectivity index (χ1v) is 9.82. The van der Waals surface area contributed by atoms with Crippen molar-refractivity contribution in [3.63, 3.8) is 0 Å². The van der Waals surface area contributed by atoms with Gasteiger partial charge in [-0.25, -0.2) is 0 Å². The highest BCUT2D eigenvalue weighted by Crippen LogP contribution is 2.36.